The molecular weight excluding hydrogens is 255 g/mol. The molecule has 0 spiro atoms. The van der Waals surface area contributed by atoms with E-state index in [0.717, 1.165) is 5.56 Å². The summed E-state index contributed by atoms with van der Waals surface area (Å²) in [5.74, 6) is -1.19. The van der Waals surface area contributed by atoms with Gasteiger partial charge in [-0.15, -0.1) is 0 Å². The fourth-order valence-electron chi connectivity index (χ4n) is 1.85. The monoisotopic (exact) mass is 268 g/mol. The van der Waals surface area contributed by atoms with Gasteiger partial charge in [-0.05, 0) is 30.2 Å². The number of nitrogens with one attached hydrogen (secondary N) is 1. The van der Waals surface area contributed by atoms with Crippen molar-refractivity contribution in [1.29, 1.82) is 5.26 Å². The molecule has 20 heavy (non-hydrogen) atoms. The van der Waals surface area contributed by atoms with Gasteiger partial charge in [0.1, 0.15) is 11.9 Å². The molecule has 2 aromatic carbocycles. The maximum atomic E-state index is 13.7. The zero-order valence-corrected chi connectivity index (χ0v) is 10.9. The number of halogens is 1. The van der Waals surface area contributed by atoms with E-state index in [1.807, 2.05) is 12.1 Å². The lowest BCUT2D eigenvalue weighted by Gasteiger charge is -2.12. The van der Waals surface area contributed by atoms with Gasteiger partial charge in [0.15, 0.2) is 0 Å². The largest absolute Gasteiger partial charge is 0.332 e. The van der Waals surface area contributed by atoms with E-state index >= 15 is 0 Å². The van der Waals surface area contributed by atoms with Crippen LogP contribution in [0.1, 0.15) is 27.5 Å². The van der Waals surface area contributed by atoms with E-state index < -0.39 is 17.8 Å². The normalized spacial score (nSPS) is 11.4. The molecule has 1 atom stereocenters. The van der Waals surface area contributed by atoms with Crippen molar-refractivity contribution in [3.05, 3.63) is 71.0 Å². The second-order valence-electron chi connectivity index (χ2n) is 4.43. The lowest BCUT2D eigenvalue weighted by molar-refractivity contribution is 0.0941. The Morgan fingerprint density at radius 3 is 2.55 bits per heavy atom. The Morgan fingerprint density at radius 2 is 1.95 bits per heavy atom. The first-order valence-electron chi connectivity index (χ1n) is 6.13. The molecule has 0 bridgehead atoms. The topological polar surface area (TPSA) is 52.9 Å². The first kappa shape index (κ1) is 13.8. The van der Waals surface area contributed by atoms with Gasteiger partial charge >= 0.3 is 0 Å². The van der Waals surface area contributed by atoms with Crippen molar-refractivity contribution >= 4 is 5.91 Å². The van der Waals surface area contributed by atoms with Crippen molar-refractivity contribution in [3.8, 4) is 6.07 Å². The number of carbonyl (C=O) groups excluding carboxylic acids is 1. The Bertz CT molecular complexity index is 662. The van der Waals surface area contributed by atoms with Crippen molar-refractivity contribution in [3.63, 3.8) is 0 Å². The zero-order chi connectivity index (χ0) is 14.5. The molecule has 0 heterocycles. The first-order chi connectivity index (χ1) is 9.61. The number of hydrogen-bond donors (Lipinski definition) is 1. The van der Waals surface area contributed by atoms with Gasteiger partial charge in [-0.1, -0.05) is 36.4 Å². The third-order valence-corrected chi connectivity index (χ3v) is 2.91. The summed E-state index contributed by atoms with van der Waals surface area (Å²) in [7, 11) is 0. The molecule has 100 valence electrons. The molecule has 0 aliphatic heterocycles. The summed E-state index contributed by atoms with van der Waals surface area (Å²) < 4.78 is 13.7. The van der Waals surface area contributed by atoms with Crippen LogP contribution in [-0.2, 0) is 0 Å². The third-order valence-electron chi connectivity index (χ3n) is 2.91. The van der Waals surface area contributed by atoms with Crippen LogP contribution in [0.25, 0.3) is 0 Å². The van der Waals surface area contributed by atoms with Crippen LogP contribution >= 0.6 is 0 Å². The van der Waals surface area contributed by atoms with Crippen molar-refractivity contribution < 1.29 is 9.18 Å². The quantitative estimate of drug-likeness (QED) is 0.929. The molecule has 1 unspecified atom stereocenters. The highest BCUT2D eigenvalue weighted by Crippen LogP contribution is 2.14. The Balaban J connectivity index is 2.20. The van der Waals surface area contributed by atoms with Gasteiger partial charge in [-0.2, -0.15) is 5.26 Å². The molecule has 4 heteroatoms. The molecule has 1 N–H and O–H groups in total. The molecule has 3 nitrogen and oxygen atoms in total. The average Bonchev–Trinajstić information content (AvgIpc) is 2.45. The minimum atomic E-state index is -0.801. The van der Waals surface area contributed by atoms with Crippen LogP contribution in [0.5, 0.6) is 0 Å². The van der Waals surface area contributed by atoms with Crippen LogP contribution in [0.4, 0.5) is 4.39 Å². The zero-order valence-electron chi connectivity index (χ0n) is 10.9. The predicted molar refractivity (Wildman–Crippen MR) is 73.4 cm³/mol. The molecule has 2 rings (SSSR count). The second kappa shape index (κ2) is 5.98. The predicted octanol–water partition coefficient (Wildman–Crippen LogP) is 3.13. The van der Waals surface area contributed by atoms with Gasteiger partial charge in [0, 0.05) is 0 Å². The summed E-state index contributed by atoms with van der Waals surface area (Å²) in [6, 6.07) is 14.4. The first-order valence-corrected chi connectivity index (χ1v) is 6.13. The van der Waals surface area contributed by atoms with Crippen molar-refractivity contribution in [2.75, 3.05) is 0 Å². The van der Waals surface area contributed by atoms with E-state index in [1.54, 1.807) is 37.3 Å². The number of carbonyl (C=O) groups is 1. The van der Waals surface area contributed by atoms with Crippen LogP contribution in [0.3, 0.4) is 0 Å². The summed E-state index contributed by atoms with van der Waals surface area (Å²) in [5.41, 5.74) is 1.33. The van der Waals surface area contributed by atoms with Crippen molar-refractivity contribution in [2.24, 2.45) is 0 Å². The lowest BCUT2D eigenvalue weighted by atomic mass is 10.1. The van der Waals surface area contributed by atoms with Gasteiger partial charge < -0.3 is 5.32 Å². The van der Waals surface area contributed by atoms with E-state index in [0.29, 0.717) is 5.56 Å². The number of nitrogens with zero attached hydrogens (tertiary/aromatic N) is 1. The molecule has 0 fully saturated rings. The Kier molecular flexibility index (Phi) is 4.11. The highest BCUT2D eigenvalue weighted by atomic mass is 19.1. The SMILES string of the molecule is Cc1ccc(C(=O)NC(C#N)c2ccccc2)c(F)c1. The van der Waals surface area contributed by atoms with Crippen LogP contribution in [0.2, 0.25) is 0 Å². The molecule has 0 aliphatic rings. The van der Waals surface area contributed by atoms with Crippen molar-refractivity contribution in [1.82, 2.24) is 5.32 Å². The molecular formula is C16H13FN2O. The summed E-state index contributed by atoms with van der Waals surface area (Å²) in [5, 5.41) is 11.6. The Hall–Kier alpha value is -2.67. The molecule has 0 radical (unpaired) electrons. The lowest BCUT2D eigenvalue weighted by Crippen LogP contribution is -2.28. The Labute approximate surface area is 116 Å². The van der Waals surface area contributed by atoms with Gasteiger partial charge in [-0.3, -0.25) is 4.79 Å². The summed E-state index contributed by atoms with van der Waals surface area (Å²) >= 11 is 0. The number of hydrogen-bond acceptors (Lipinski definition) is 2. The molecule has 0 saturated heterocycles. The van der Waals surface area contributed by atoms with Crippen LogP contribution < -0.4 is 5.32 Å². The van der Waals surface area contributed by atoms with E-state index in [2.05, 4.69) is 5.32 Å². The third kappa shape index (κ3) is 3.01. The maximum Gasteiger partial charge on any atom is 0.255 e. The van der Waals surface area contributed by atoms with Gasteiger partial charge in [0.2, 0.25) is 0 Å². The second-order valence-corrected chi connectivity index (χ2v) is 4.43. The van der Waals surface area contributed by atoms with E-state index in [-0.39, 0.29) is 5.56 Å². The summed E-state index contributed by atoms with van der Waals surface area (Å²) in [6.45, 7) is 1.74. The average molecular weight is 268 g/mol. The van der Waals surface area contributed by atoms with Crippen LogP contribution in [-0.4, -0.2) is 5.91 Å². The number of rotatable bonds is 3. The number of aryl methyl sites for hydroxylation is 1. The van der Waals surface area contributed by atoms with Crippen molar-refractivity contribution in [2.45, 2.75) is 13.0 Å². The molecule has 0 saturated carbocycles. The smallest absolute Gasteiger partial charge is 0.255 e. The molecule has 0 aliphatic carbocycles. The summed E-state index contributed by atoms with van der Waals surface area (Å²) in [4.78, 5) is 12.0. The van der Waals surface area contributed by atoms with Gasteiger partial charge in [-0.25, -0.2) is 4.39 Å². The van der Waals surface area contributed by atoms with Gasteiger partial charge in [0.05, 0.1) is 11.6 Å². The Morgan fingerprint density at radius 1 is 1.25 bits per heavy atom. The van der Waals surface area contributed by atoms with E-state index in [4.69, 9.17) is 5.26 Å². The van der Waals surface area contributed by atoms with Crippen LogP contribution in [0, 0.1) is 24.1 Å². The van der Waals surface area contributed by atoms with E-state index in [9.17, 15) is 9.18 Å². The number of amides is 1. The minimum absolute atomic E-state index is 0.0632. The summed E-state index contributed by atoms with van der Waals surface area (Å²) in [6.07, 6.45) is 0. The fourth-order valence-corrected chi connectivity index (χ4v) is 1.85. The van der Waals surface area contributed by atoms with Gasteiger partial charge in [0.25, 0.3) is 5.91 Å². The van der Waals surface area contributed by atoms with E-state index in [1.165, 1.54) is 12.1 Å². The molecule has 1 amide bonds. The van der Waals surface area contributed by atoms with Crippen LogP contribution in [0.15, 0.2) is 48.5 Å². The standard InChI is InChI=1S/C16H13FN2O/c1-11-7-8-13(14(17)9-11)16(20)19-15(10-18)12-5-3-2-4-6-12/h2-9,15H,1H3,(H,19,20). The number of nitriles is 1. The highest BCUT2D eigenvalue weighted by molar-refractivity contribution is 5.95. The maximum absolute atomic E-state index is 13.7. The minimum Gasteiger partial charge on any atom is -0.332 e. The highest BCUT2D eigenvalue weighted by Gasteiger charge is 2.17. The number of benzene rings is 2. The fraction of sp³-hybridized carbons (Fsp3) is 0.125. The molecule has 0 aromatic heterocycles. The molecule has 2 aromatic rings.